The van der Waals surface area contributed by atoms with Crippen LogP contribution in [0.1, 0.15) is 24.0 Å². The molecule has 0 heterocycles. The average Bonchev–Trinajstić information content (AvgIpc) is 3.13. The van der Waals surface area contributed by atoms with E-state index in [2.05, 4.69) is 0 Å². The van der Waals surface area contributed by atoms with E-state index in [-0.39, 0.29) is 39.4 Å². The minimum absolute atomic E-state index is 0.145. The highest BCUT2D eigenvalue weighted by atomic mass is 16.6. The molecule has 0 bridgehead atoms. The maximum atomic E-state index is 13.2. The summed E-state index contributed by atoms with van der Waals surface area (Å²) in [5, 5.41) is 0. The van der Waals surface area contributed by atoms with E-state index in [9.17, 15) is 19.2 Å². The number of para-hydroxylation sites is 2. The number of amides is 2. The molecule has 0 radical (unpaired) electrons. The van der Waals surface area contributed by atoms with Gasteiger partial charge in [0.2, 0.25) is 0 Å². The molecule has 4 aromatic rings. The second-order valence-corrected chi connectivity index (χ2v) is 12.1. The third kappa shape index (κ3) is 10.9. The third-order valence-corrected chi connectivity index (χ3v) is 8.45. The van der Waals surface area contributed by atoms with E-state index in [4.69, 9.17) is 28.4 Å². The van der Waals surface area contributed by atoms with E-state index >= 15 is 0 Å². The standard InChI is InChI=1S/C40H42N2O10/c1-47-25-23-41(27-29-13-17-33(18-14-29)49-31-9-5-3-6-10-31)39(45)51-37(43)35-21-22-36(35)38(44)52-40(46)42(24-26-48-2)28-30-15-19-34(20-16-30)50-32-11-7-4-8-12-32/h3-20,35-36H,21-28H2,1-2H3. The number of carbonyl (C=O) groups is 4. The van der Waals surface area contributed by atoms with E-state index < -0.39 is 36.0 Å². The smallest absolute Gasteiger partial charge is 0.417 e. The van der Waals surface area contributed by atoms with E-state index in [1.165, 1.54) is 24.0 Å². The Morgan fingerprint density at radius 2 is 0.865 bits per heavy atom. The first kappa shape index (κ1) is 37.5. The van der Waals surface area contributed by atoms with Gasteiger partial charge in [-0.3, -0.25) is 9.59 Å². The van der Waals surface area contributed by atoms with Gasteiger partial charge in [-0.2, -0.15) is 0 Å². The molecule has 1 saturated carbocycles. The van der Waals surface area contributed by atoms with Gasteiger partial charge in [0, 0.05) is 40.4 Å². The molecule has 0 saturated heterocycles. The molecule has 52 heavy (non-hydrogen) atoms. The molecule has 2 atom stereocenters. The molecule has 5 rings (SSSR count). The zero-order valence-electron chi connectivity index (χ0n) is 29.2. The van der Waals surface area contributed by atoms with Crippen LogP contribution in [0.2, 0.25) is 0 Å². The third-order valence-electron chi connectivity index (χ3n) is 8.45. The molecule has 1 fully saturated rings. The summed E-state index contributed by atoms with van der Waals surface area (Å²) in [7, 11) is 3.01. The Morgan fingerprint density at radius 3 is 1.19 bits per heavy atom. The normalized spacial score (nSPS) is 14.7. The van der Waals surface area contributed by atoms with Crippen molar-refractivity contribution in [3.63, 3.8) is 0 Å². The van der Waals surface area contributed by atoms with Gasteiger partial charge < -0.3 is 38.2 Å². The topological polar surface area (TPSA) is 130 Å². The Labute approximate surface area is 302 Å². The van der Waals surface area contributed by atoms with Crippen molar-refractivity contribution in [1.29, 1.82) is 0 Å². The van der Waals surface area contributed by atoms with Gasteiger partial charge in [-0.25, -0.2) is 9.59 Å². The number of benzene rings is 4. The number of rotatable bonds is 16. The van der Waals surface area contributed by atoms with Gasteiger partial charge in [-0.15, -0.1) is 0 Å². The second-order valence-electron chi connectivity index (χ2n) is 12.1. The van der Waals surface area contributed by atoms with E-state index in [1.807, 2.05) is 84.9 Å². The van der Waals surface area contributed by atoms with Crippen LogP contribution >= 0.6 is 0 Å². The monoisotopic (exact) mass is 710 g/mol. The highest BCUT2D eigenvalue weighted by Crippen LogP contribution is 2.36. The molecule has 272 valence electrons. The van der Waals surface area contributed by atoms with Crippen LogP contribution in [0, 0.1) is 11.8 Å². The second kappa shape index (κ2) is 19.0. The Morgan fingerprint density at radius 1 is 0.519 bits per heavy atom. The van der Waals surface area contributed by atoms with E-state index in [0.717, 1.165) is 11.1 Å². The number of hydrogen-bond donors (Lipinski definition) is 0. The predicted octanol–water partition coefficient (Wildman–Crippen LogP) is 7.22. The van der Waals surface area contributed by atoms with Gasteiger partial charge in [0.1, 0.15) is 23.0 Å². The first-order chi connectivity index (χ1) is 25.3. The summed E-state index contributed by atoms with van der Waals surface area (Å²) in [5.41, 5.74) is 1.55. The fourth-order valence-electron chi connectivity index (χ4n) is 5.41. The average molecular weight is 711 g/mol. The van der Waals surface area contributed by atoms with Crippen LogP contribution in [0.15, 0.2) is 109 Å². The molecular weight excluding hydrogens is 668 g/mol. The van der Waals surface area contributed by atoms with Gasteiger partial charge >= 0.3 is 24.1 Å². The fraction of sp³-hybridized carbons (Fsp3) is 0.300. The number of ether oxygens (including phenoxy) is 6. The first-order valence-corrected chi connectivity index (χ1v) is 17.0. The number of esters is 2. The van der Waals surface area contributed by atoms with Gasteiger partial charge in [-0.1, -0.05) is 60.7 Å². The molecule has 0 N–H and O–H groups in total. The van der Waals surface area contributed by atoms with Crippen molar-refractivity contribution in [1.82, 2.24) is 9.80 Å². The molecule has 2 amide bonds. The minimum Gasteiger partial charge on any atom is -0.457 e. The van der Waals surface area contributed by atoms with Gasteiger partial charge in [0.15, 0.2) is 0 Å². The number of hydrogen-bond acceptors (Lipinski definition) is 10. The van der Waals surface area contributed by atoms with Crippen molar-refractivity contribution < 1.29 is 47.6 Å². The van der Waals surface area contributed by atoms with Crippen LogP contribution in [-0.2, 0) is 41.6 Å². The minimum atomic E-state index is -0.924. The molecule has 12 nitrogen and oxygen atoms in total. The molecule has 0 spiro atoms. The summed E-state index contributed by atoms with van der Waals surface area (Å²) in [6.07, 6.45) is -1.11. The molecule has 2 unspecified atom stereocenters. The highest BCUT2D eigenvalue weighted by molar-refractivity contribution is 5.93. The van der Waals surface area contributed by atoms with Crippen LogP contribution < -0.4 is 9.47 Å². The van der Waals surface area contributed by atoms with Crippen molar-refractivity contribution in [3.05, 3.63) is 120 Å². The molecular formula is C40H42N2O10. The molecule has 1 aliphatic rings. The van der Waals surface area contributed by atoms with Gasteiger partial charge in [0.05, 0.1) is 25.0 Å². The number of carbonyl (C=O) groups excluding carboxylic acids is 4. The lowest BCUT2D eigenvalue weighted by atomic mass is 9.74. The van der Waals surface area contributed by atoms with Crippen LogP contribution in [0.4, 0.5) is 9.59 Å². The summed E-state index contributed by atoms with van der Waals surface area (Å²) in [6.45, 7) is 1.04. The van der Waals surface area contributed by atoms with Crippen molar-refractivity contribution in [2.24, 2.45) is 11.8 Å². The van der Waals surface area contributed by atoms with E-state index in [0.29, 0.717) is 35.8 Å². The Kier molecular flexibility index (Phi) is 13.7. The van der Waals surface area contributed by atoms with Crippen LogP contribution in [0.5, 0.6) is 23.0 Å². The number of methoxy groups -OCH3 is 2. The quantitative estimate of drug-likeness (QED) is 0.0868. The largest absolute Gasteiger partial charge is 0.457 e. The summed E-state index contributed by atoms with van der Waals surface area (Å²) in [5.74, 6) is -0.907. The maximum absolute atomic E-state index is 13.2. The lowest BCUT2D eigenvalue weighted by molar-refractivity contribution is -0.161. The zero-order chi connectivity index (χ0) is 36.7. The van der Waals surface area contributed by atoms with Crippen molar-refractivity contribution in [2.45, 2.75) is 25.9 Å². The predicted molar refractivity (Wildman–Crippen MR) is 190 cm³/mol. The van der Waals surface area contributed by atoms with Crippen molar-refractivity contribution in [2.75, 3.05) is 40.5 Å². The number of nitrogens with zero attached hydrogens (tertiary/aromatic N) is 2. The summed E-state index contributed by atoms with van der Waals surface area (Å²) in [6, 6.07) is 33.1. The van der Waals surface area contributed by atoms with E-state index in [1.54, 1.807) is 24.3 Å². The molecule has 4 aromatic carbocycles. The SMILES string of the molecule is COCCN(Cc1ccc(Oc2ccccc2)cc1)C(=O)OC(=O)C1CCC1C(=O)OC(=O)N(CCOC)Cc1ccc(Oc2ccccc2)cc1. The fourth-order valence-corrected chi connectivity index (χ4v) is 5.41. The maximum Gasteiger partial charge on any atom is 0.417 e. The van der Waals surface area contributed by atoms with Gasteiger partial charge in [-0.05, 0) is 72.5 Å². The zero-order valence-corrected chi connectivity index (χ0v) is 29.2. The van der Waals surface area contributed by atoms with Gasteiger partial charge in [0.25, 0.3) is 0 Å². The molecule has 0 aliphatic heterocycles. The highest BCUT2D eigenvalue weighted by Gasteiger charge is 2.45. The molecule has 12 heteroatoms. The Hall–Kier alpha value is -5.72. The lowest BCUT2D eigenvalue weighted by Gasteiger charge is -2.33. The Balaban J connectivity index is 1.13. The Bertz CT molecular complexity index is 1620. The molecule has 0 aromatic heterocycles. The van der Waals surface area contributed by atoms with Crippen LogP contribution in [-0.4, -0.2) is 74.4 Å². The summed E-state index contributed by atoms with van der Waals surface area (Å²) >= 11 is 0. The lowest BCUT2D eigenvalue weighted by Crippen LogP contribution is -2.45. The van der Waals surface area contributed by atoms with Crippen molar-refractivity contribution in [3.8, 4) is 23.0 Å². The van der Waals surface area contributed by atoms with Crippen LogP contribution in [0.25, 0.3) is 0 Å². The summed E-state index contributed by atoms with van der Waals surface area (Å²) in [4.78, 5) is 55.2. The van der Waals surface area contributed by atoms with Crippen LogP contribution in [0.3, 0.4) is 0 Å². The first-order valence-electron chi connectivity index (χ1n) is 17.0. The van der Waals surface area contributed by atoms with Crippen molar-refractivity contribution >= 4 is 24.1 Å². The molecule has 1 aliphatic carbocycles. The summed E-state index contributed by atoms with van der Waals surface area (Å²) < 4.78 is 32.5.